The van der Waals surface area contributed by atoms with Gasteiger partial charge in [0.05, 0.1) is 12.8 Å². The molecule has 1 aliphatic heterocycles. The van der Waals surface area contributed by atoms with E-state index in [4.69, 9.17) is 4.74 Å². The molecular formula is C19H19FN2O4. The van der Waals surface area contributed by atoms with Crippen molar-refractivity contribution in [2.45, 2.75) is 6.10 Å². The van der Waals surface area contributed by atoms with Crippen molar-refractivity contribution in [3.8, 4) is 5.75 Å². The first-order valence-electron chi connectivity index (χ1n) is 8.17. The van der Waals surface area contributed by atoms with Crippen molar-refractivity contribution < 1.29 is 23.8 Å². The molecule has 6 nitrogen and oxygen atoms in total. The van der Waals surface area contributed by atoms with Gasteiger partial charge in [-0.25, -0.2) is 4.39 Å². The minimum atomic E-state index is -1.43. The van der Waals surface area contributed by atoms with Crippen molar-refractivity contribution >= 4 is 17.5 Å². The molecule has 7 heteroatoms. The SMILES string of the molecule is COc1ccccc1N1CCN(C(=O)C(O)c2ccc(F)cc2)CC1=O. The molecule has 1 saturated heterocycles. The summed E-state index contributed by atoms with van der Waals surface area (Å²) >= 11 is 0. The van der Waals surface area contributed by atoms with E-state index in [1.807, 2.05) is 6.07 Å². The average Bonchev–Trinajstić information content (AvgIpc) is 2.67. The molecule has 2 amide bonds. The summed E-state index contributed by atoms with van der Waals surface area (Å²) in [5.41, 5.74) is 0.933. The molecule has 26 heavy (non-hydrogen) atoms. The molecule has 1 heterocycles. The predicted octanol–water partition coefficient (Wildman–Crippen LogP) is 1.74. The van der Waals surface area contributed by atoms with Gasteiger partial charge >= 0.3 is 0 Å². The first-order valence-corrected chi connectivity index (χ1v) is 8.17. The molecule has 3 rings (SSSR count). The second-order valence-corrected chi connectivity index (χ2v) is 5.93. The predicted molar refractivity (Wildman–Crippen MR) is 93.3 cm³/mol. The molecule has 1 atom stereocenters. The van der Waals surface area contributed by atoms with Gasteiger partial charge in [0.15, 0.2) is 6.10 Å². The molecule has 0 spiro atoms. The molecule has 0 bridgehead atoms. The number of para-hydroxylation sites is 2. The Morgan fingerprint density at radius 2 is 1.85 bits per heavy atom. The fourth-order valence-electron chi connectivity index (χ4n) is 2.93. The first kappa shape index (κ1) is 17.9. The number of anilines is 1. The lowest BCUT2D eigenvalue weighted by Crippen LogP contribution is -2.53. The number of piperazine rings is 1. The van der Waals surface area contributed by atoms with Crippen LogP contribution in [0, 0.1) is 5.82 Å². The third kappa shape index (κ3) is 3.52. The fraction of sp³-hybridized carbons (Fsp3) is 0.263. The van der Waals surface area contributed by atoms with E-state index in [1.165, 1.54) is 36.3 Å². The Morgan fingerprint density at radius 3 is 2.50 bits per heavy atom. The van der Waals surface area contributed by atoms with Crippen molar-refractivity contribution in [2.24, 2.45) is 0 Å². The summed E-state index contributed by atoms with van der Waals surface area (Å²) in [5, 5.41) is 10.2. The standard InChI is InChI=1S/C19H19FN2O4/c1-26-16-5-3-2-4-15(16)22-11-10-21(12-17(22)23)19(25)18(24)13-6-8-14(20)9-7-13/h2-9,18,24H,10-12H2,1H3. The fourth-order valence-corrected chi connectivity index (χ4v) is 2.93. The molecule has 0 aromatic heterocycles. The van der Waals surface area contributed by atoms with Crippen molar-refractivity contribution in [1.82, 2.24) is 4.90 Å². The lowest BCUT2D eigenvalue weighted by Gasteiger charge is -2.35. The average molecular weight is 358 g/mol. The van der Waals surface area contributed by atoms with Crippen molar-refractivity contribution in [2.75, 3.05) is 31.6 Å². The normalized spacial score (nSPS) is 15.7. The Kier molecular flexibility index (Phi) is 5.18. The van der Waals surface area contributed by atoms with Crippen LogP contribution in [0.5, 0.6) is 5.75 Å². The molecule has 2 aromatic carbocycles. The summed E-state index contributed by atoms with van der Waals surface area (Å²) in [5.74, 6) is -0.717. The molecule has 1 N–H and O–H groups in total. The second-order valence-electron chi connectivity index (χ2n) is 5.93. The smallest absolute Gasteiger partial charge is 0.256 e. The first-order chi connectivity index (χ1) is 12.5. The number of carbonyl (C=O) groups is 2. The van der Waals surface area contributed by atoms with Gasteiger partial charge in [-0.1, -0.05) is 24.3 Å². The lowest BCUT2D eigenvalue weighted by atomic mass is 10.1. The second kappa shape index (κ2) is 7.53. The van der Waals surface area contributed by atoms with Crippen LogP contribution in [-0.4, -0.2) is 48.6 Å². The Bertz CT molecular complexity index is 809. The molecular weight excluding hydrogens is 339 g/mol. The minimum Gasteiger partial charge on any atom is -0.495 e. The van der Waals surface area contributed by atoms with Crippen LogP contribution in [0.1, 0.15) is 11.7 Å². The number of methoxy groups -OCH3 is 1. The van der Waals surface area contributed by atoms with Crippen molar-refractivity contribution in [3.63, 3.8) is 0 Å². The number of rotatable bonds is 4. The van der Waals surface area contributed by atoms with E-state index in [1.54, 1.807) is 23.1 Å². The van der Waals surface area contributed by atoms with E-state index in [2.05, 4.69) is 0 Å². The van der Waals surface area contributed by atoms with Crippen LogP contribution in [0.4, 0.5) is 10.1 Å². The quantitative estimate of drug-likeness (QED) is 0.904. The van der Waals surface area contributed by atoms with Gasteiger partial charge in [-0.2, -0.15) is 0 Å². The molecule has 1 aliphatic rings. The maximum absolute atomic E-state index is 13.0. The Balaban J connectivity index is 1.71. The van der Waals surface area contributed by atoms with Crippen LogP contribution >= 0.6 is 0 Å². The Morgan fingerprint density at radius 1 is 1.15 bits per heavy atom. The number of hydrogen-bond donors (Lipinski definition) is 1. The van der Waals surface area contributed by atoms with E-state index in [0.717, 1.165) is 0 Å². The zero-order chi connectivity index (χ0) is 18.7. The number of aliphatic hydroxyl groups excluding tert-OH is 1. The van der Waals surface area contributed by atoms with Crippen LogP contribution < -0.4 is 9.64 Å². The highest BCUT2D eigenvalue weighted by molar-refractivity contribution is 5.99. The zero-order valence-electron chi connectivity index (χ0n) is 14.3. The van der Waals surface area contributed by atoms with E-state index < -0.39 is 17.8 Å². The molecule has 1 fully saturated rings. The number of carbonyl (C=O) groups excluding carboxylic acids is 2. The van der Waals surface area contributed by atoms with E-state index >= 15 is 0 Å². The van der Waals surface area contributed by atoms with Crippen LogP contribution in [0.3, 0.4) is 0 Å². The Hall–Kier alpha value is -2.93. The minimum absolute atomic E-state index is 0.144. The molecule has 0 aliphatic carbocycles. The molecule has 1 unspecified atom stereocenters. The maximum atomic E-state index is 13.0. The summed E-state index contributed by atoms with van der Waals surface area (Å²) in [6.45, 7) is 0.428. The number of nitrogens with zero attached hydrogens (tertiary/aromatic N) is 2. The Labute approximate surface area is 150 Å². The zero-order valence-corrected chi connectivity index (χ0v) is 14.3. The summed E-state index contributed by atoms with van der Waals surface area (Å²) in [6, 6.07) is 12.2. The van der Waals surface area contributed by atoms with Gasteiger partial charge < -0.3 is 19.6 Å². The number of hydrogen-bond acceptors (Lipinski definition) is 4. The highest BCUT2D eigenvalue weighted by Gasteiger charge is 2.32. The van der Waals surface area contributed by atoms with E-state index in [0.29, 0.717) is 18.0 Å². The molecule has 136 valence electrons. The molecule has 0 saturated carbocycles. The number of aliphatic hydroxyl groups is 1. The van der Waals surface area contributed by atoms with Gasteiger partial charge in [-0.05, 0) is 29.8 Å². The number of benzene rings is 2. The van der Waals surface area contributed by atoms with Gasteiger partial charge in [0.2, 0.25) is 5.91 Å². The van der Waals surface area contributed by atoms with Gasteiger partial charge in [-0.15, -0.1) is 0 Å². The highest BCUT2D eigenvalue weighted by atomic mass is 19.1. The lowest BCUT2D eigenvalue weighted by molar-refractivity contribution is -0.144. The summed E-state index contributed by atoms with van der Waals surface area (Å²) in [6.07, 6.45) is -1.43. The van der Waals surface area contributed by atoms with Gasteiger partial charge in [-0.3, -0.25) is 9.59 Å². The summed E-state index contributed by atoms with van der Waals surface area (Å²) in [4.78, 5) is 27.9. The molecule has 2 aromatic rings. The maximum Gasteiger partial charge on any atom is 0.256 e. The number of amides is 2. The van der Waals surface area contributed by atoms with Gasteiger partial charge in [0.25, 0.3) is 5.91 Å². The highest BCUT2D eigenvalue weighted by Crippen LogP contribution is 2.29. The van der Waals surface area contributed by atoms with Crippen LogP contribution in [0.25, 0.3) is 0 Å². The van der Waals surface area contributed by atoms with Gasteiger partial charge in [0, 0.05) is 13.1 Å². The van der Waals surface area contributed by atoms with E-state index in [9.17, 15) is 19.1 Å². The van der Waals surface area contributed by atoms with Crippen molar-refractivity contribution in [1.29, 1.82) is 0 Å². The third-order valence-electron chi connectivity index (χ3n) is 4.33. The largest absolute Gasteiger partial charge is 0.495 e. The monoisotopic (exact) mass is 358 g/mol. The van der Waals surface area contributed by atoms with Gasteiger partial charge in [0.1, 0.15) is 18.1 Å². The topological polar surface area (TPSA) is 70.1 Å². The van der Waals surface area contributed by atoms with Crippen LogP contribution in [0.2, 0.25) is 0 Å². The molecule has 0 radical (unpaired) electrons. The van der Waals surface area contributed by atoms with Crippen LogP contribution in [0.15, 0.2) is 48.5 Å². The summed E-state index contributed by atoms with van der Waals surface area (Å²) < 4.78 is 18.3. The van der Waals surface area contributed by atoms with E-state index in [-0.39, 0.29) is 24.6 Å². The number of ether oxygens (including phenoxy) is 1. The summed E-state index contributed by atoms with van der Waals surface area (Å²) in [7, 11) is 1.53. The van der Waals surface area contributed by atoms with Crippen molar-refractivity contribution in [3.05, 3.63) is 59.9 Å². The third-order valence-corrected chi connectivity index (χ3v) is 4.33. The van der Waals surface area contributed by atoms with Crippen LogP contribution in [-0.2, 0) is 9.59 Å². The number of halogens is 1.